The molecular weight excluding hydrogens is 236 g/mol. The van der Waals surface area contributed by atoms with E-state index in [4.69, 9.17) is 0 Å². The van der Waals surface area contributed by atoms with E-state index in [0.717, 1.165) is 5.92 Å². The molecule has 114 valence electrons. The Bertz CT molecular complexity index is 178. The van der Waals surface area contributed by atoms with Gasteiger partial charge in [-0.3, -0.25) is 4.79 Å². The van der Waals surface area contributed by atoms with Crippen molar-refractivity contribution in [1.29, 1.82) is 0 Å². The van der Waals surface area contributed by atoms with Crippen LogP contribution in [0.15, 0.2) is 0 Å². The summed E-state index contributed by atoms with van der Waals surface area (Å²) < 4.78 is 4.11. The average Bonchev–Trinajstić information content (AvgIpc) is 2.70. The Morgan fingerprint density at radius 2 is 1.05 bits per heavy atom. The van der Waals surface area contributed by atoms with Crippen molar-refractivity contribution in [3.05, 3.63) is 0 Å². The summed E-state index contributed by atoms with van der Waals surface area (Å²) in [6.07, 6.45) is 17.9. The van der Waals surface area contributed by atoms with Crippen LogP contribution in [-0.2, 0) is 9.53 Å². The van der Waals surface area contributed by atoms with E-state index in [1.165, 1.54) is 91.1 Å². The number of hydrogen-bond acceptors (Lipinski definition) is 2. The third-order valence-corrected chi connectivity index (χ3v) is 3.93. The molecule has 0 bridgehead atoms. The molecule has 0 aromatic rings. The maximum absolute atomic E-state index is 9.59. The van der Waals surface area contributed by atoms with Gasteiger partial charge in [0.2, 0.25) is 0 Å². The molecule has 0 atom stereocenters. The molecule has 2 aliphatic rings. The number of esters is 1. The molecule has 0 aliphatic heterocycles. The Kier molecular flexibility index (Phi) is 13.5. The van der Waals surface area contributed by atoms with Crippen LogP contribution in [-0.4, -0.2) is 13.1 Å². The fraction of sp³-hybridized carbons (Fsp3) is 0.941. The standard InChI is InChI=1S/C8H16.C6H12.C3H6O2/c1-8-6-4-2-3-5-7-8;1-2-4-6-5-3-1;1-3(4)5-2/h8H,2-7H2,1H3;1-6H2;1-2H3. The monoisotopic (exact) mass is 270 g/mol. The van der Waals surface area contributed by atoms with E-state index in [1.54, 1.807) is 0 Å². The molecule has 2 rings (SSSR count). The predicted octanol–water partition coefficient (Wildman–Crippen LogP) is 5.50. The van der Waals surface area contributed by atoms with Crippen LogP contribution >= 0.6 is 0 Å². The van der Waals surface area contributed by atoms with Crippen LogP contribution in [0.2, 0.25) is 0 Å². The normalized spacial score (nSPS) is 19.9. The van der Waals surface area contributed by atoms with E-state index in [1.807, 2.05) is 0 Å². The summed E-state index contributed by atoms with van der Waals surface area (Å²) in [7, 11) is 1.35. The van der Waals surface area contributed by atoms with Gasteiger partial charge >= 0.3 is 5.97 Å². The molecule has 0 heterocycles. The summed E-state index contributed by atoms with van der Waals surface area (Å²) in [5.74, 6) is 0.780. The lowest BCUT2D eigenvalue weighted by Crippen LogP contribution is -1.88. The fourth-order valence-corrected chi connectivity index (χ4v) is 2.54. The molecule has 2 fully saturated rings. The molecule has 0 unspecified atom stereocenters. The van der Waals surface area contributed by atoms with E-state index in [9.17, 15) is 4.79 Å². The van der Waals surface area contributed by atoms with Gasteiger partial charge in [0.25, 0.3) is 0 Å². The average molecular weight is 270 g/mol. The maximum Gasteiger partial charge on any atom is 0.302 e. The van der Waals surface area contributed by atoms with Crippen molar-refractivity contribution in [3.63, 3.8) is 0 Å². The van der Waals surface area contributed by atoms with Gasteiger partial charge in [-0.15, -0.1) is 0 Å². The van der Waals surface area contributed by atoms with Gasteiger partial charge in [0.05, 0.1) is 7.11 Å². The highest BCUT2D eigenvalue weighted by Gasteiger charge is 2.05. The number of hydrogen-bond donors (Lipinski definition) is 0. The number of carbonyl (C=O) groups excluding carboxylic acids is 1. The molecule has 0 N–H and O–H groups in total. The molecular formula is C17H34O2. The zero-order valence-corrected chi connectivity index (χ0v) is 13.4. The van der Waals surface area contributed by atoms with Gasteiger partial charge in [0.1, 0.15) is 0 Å². The minimum atomic E-state index is -0.245. The van der Waals surface area contributed by atoms with Gasteiger partial charge in [0.15, 0.2) is 0 Å². The Morgan fingerprint density at radius 1 is 0.789 bits per heavy atom. The first-order valence-corrected chi connectivity index (χ1v) is 8.21. The van der Waals surface area contributed by atoms with Gasteiger partial charge in [-0.2, -0.15) is 0 Å². The van der Waals surface area contributed by atoms with Crippen LogP contribution in [0.4, 0.5) is 0 Å². The van der Waals surface area contributed by atoms with Crippen molar-refractivity contribution >= 4 is 5.97 Å². The molecule has 0 saturated heterocycles. The zero-order chi connectivity index (χ0) is 14.3. The van der Waals surface area contributed by atoms with Crippen LogP contribution in [0.1, 0.15) is 90.9 Å². The van der Waals surface area contributed by atoms with Crippen molar-refractivity contribution in [2.75, 3.05) is 7.11 Å². The van der Waals surface area contributed by atoms with Crippen LogP contribution in [0.3, 0.4) is 0 Å². The van der Waals surface area contributed by atoms with E-state index in [-0.39, 0.29) is 5.97 Å². The molecule has 0 radical (unpaired) electrons. The fourth-order valence-electron chi connectivity index (χ4n) is 2.54. The second-order valence-electron chi connectivity index (χ2n) is 5.91. The summed E-state index contributed by atoms with van der Waals surface area (Å²) in [5, 5.41) is 0. The third-order valence-electron chi connectivity index (χ3n) is 3.93. The summed E-state index contributed by atoms with van der Waals surface area (Å²) in [6, 6.07) is 0. The number of ether oxygens (including phenoxy) is 1. The highest BCUT2D eigenvalue weighted by atomic mass is 16.5. The summed E-state index contributed by atoms with van der Waals surface area (Å²) in [4.78, 5) is 9.59. The molecule has 2 nitrogen and oxygen atoms in total. The molecule has 0 aromatic heterocycles. The second kappa shape index (κ2) is 13.9. The lowest BCUT2D eigenvalue weighted by atomic mass is 10.0. The largest absolute Gasteiger partial charge is 0.469 e. The number of methoxy groups -OCH3 is 1. The highest BCUT2D eigenvalue weighted by molar-refractivity contribution is 5.65. The molecule has 0 aromatic carbocycles. The molecule has 0 spiro atoms. The van der Waals surface area contributed by atoms with Gasteiger partial charge in [-0.25, -0.2) is 0 Å². The highest BCUT2D eigenvalue weighted by Crippen LogP contribution is 2.21. The predicted molar refractivity (Wildman–Crippen MR) is 82.3 cm³/mol. The number of carbonyl (C=O) groups is 1. The summed E-state index contributed by atoms with van der Waals surface area (Å²) in [5.41, 5.74) is 0. The van der Waals surface area contributed by atoms with Crippen molar-refractivity contribution < 1.29 is 9.53 Å². The van der Waals surface area contributed by atoms with Crippen molar-refractivity contribution in [2.45, 2.75) is 90.9 Å². The van der Waals surface area contributed by atoms with Crippen molar-refractivity contribution in [3.8, 4) is 0 Å². The lowest BCUT2D eigenvalue weighted by molar-refractivity contribution is -0.137. The molecule has 2 heteroatoms. The van der Waals surface area contributed by atoms with Crippen molar-refractivity contribution in [2.24, 2.45) is 5.92 Å². The molecule has 2 aliphatic carbocycles. The second-order valence-corrected chi connectivity index (χ2v) is 5.91. The van der Waals surface area contributed by atoms with Crippen molar-refractivity contribution in [1.82, 2.24) is 0 Å². The Hall–Kier alpha value is -0.530. The minimum Gasteiger partial charge on any atom is -0.469 e. The van der Waals surface area contributed by atoms with Gasteiger partial charge < -0.3 is 4.74 Å². The Balaban J connectivity index is 0.000000265. The van der Waals surface area contributed by atoms with Crippen LogP contribution in [0.25, 0.3) is 0 Å². The summed E-state index contributed by atoms with van der Waals surface area (Å²) >= 11 is 0. The molecule has 19 heavy (non-hydrogen) atoms. The first-order valence-electron chi connectivity index (χ1n) is 8.21. The smallest absolute Gasteiger partial charge is 0.302 e. The van der Waals surface area contributed by atoms with Crippen LogP contribution in [0.5, 0.6) is 0 Å². The summed E-state index contributed by atoms with van der Waals surface area (Å²) in [6.45, 7) is 3.74. The van der Waals surface area contributed by atoms with Gasteiger partial charge in [-0.05, 0) is 5.92 Å². The quantitative estimate of drug-likeness (QED) is 0.429. The lowest BCUT2D eigenvalue weighted by Gasteiger charge is -2.05. The molecule has 2 saturated carbocycles. The third kappa shape index (κ3) is 15.4. The van der Waals surface area contributed by atoms with E-state index in [0.29, 0.717) is 0 Å². The Labute approximate surface area is 120 Å². The SMILES string of the molecule is C1CCCCC1.CC1CCCCCC1.COC(C)=O. The van der Waals surface area contributed by atoms with E-state index < -0.39 is 0 Å². The molecule has 0 amide bonds. The zero-order valence-electron chi connectivity index (χ0n) is 13.4. The topological polar surface area (TPSA) is 26.3 Å². The Morgan fingerprint density at radius 3 is 1.32 bits per heavy atom. The van der Waals surface area contributed by atoms with Gasteiger partial charge in [0, 0.05) is 6.92 Å². The first kappa shape index (κ1) is 18.5. The minimum absolute atomic E-state index is 0.245. The van der Waals surface area contributed by atoms with E-state index in [2.05, 4.69) is 11.7 Å². The van der Waals surface area contributed by atoms with Gasteiger partial charge in [-0.1, -0.05) is 84.0 Å². The maximum atomic E-state index is 9.59. The number of rotatable bonds is 0. The van der Waals surface area contributed by atoms with E-state index >= 15 is 0 Å². The first-order chi connectivity index (χ1) is 9.16. The van der Waals surface area contributed by atoms with Crippen LogP contribution < -0.4 is 0 Å². The van der Waals surface area contributed by atoms with Crippen LogP contribution in [0, 0.1) is 5.92 Å².